The molecule has 2 atom stereocenters. The van der Waals surface area contributed by atoms with E-state index in [1.165, 1.54) is 10.2 Å². The summed E-state index contributed by atoms with van der Waals surface area (Å²) in [4.78, 5) is 37.0. The lowest BCUT2D eigenvalue weighted by atomic mass is 9.99. The molecule has 0 bridgehead atoms. The molecular weight excluding hydrogens is 663 g/mol. The summed E-state index contributed by atoms with van der Waals surface area (Å²) in [5.74, 6) is 0.993. The summed E-state index contributed by atoms with van der Waals surface area (Å²) in [5, 5.41) is 15.6. The molecule has 250 valence electrons. The Morgan fingerprint density at radius 2 is 1.82 bits per heavy atom. The Morgan fingerprint density at radius 1 is 1.04 bits per heavy atom. The molecule has 1 aliphatic carbocycles. The SMILES string of the molecule is COc1nc(-c2cccc(-c3cccc(Nc4nc(C)cc5cnn(C)c(=O)c45)c3Cl)c2Cl)cc2c1[C@H](N1CC[C@@]3(CNC(=O)N3)C1)CC2. The van der Waals surface area contributed by atoms with Gasteiger partial charge in [-0.15, -0.1) is 0 Å². The van der Waals surface area contributed by atoms with E-state index in [1.807, 2.05) is 49.4 Å². The number of pyridine rings is 2. The second-order valence-electron chi connectivity index (χ2n) is 13.1. The Labute approximate surface area is 292 Å². The zero-order valence-corrected chi connectivity index (χ0v) is 28.7. The monoisotopic (exact) mass is 696 g/mol. The fourth-order valence-corrected chi connectivity index (χ4v) is 8.22. The maximum atomic E-state index is 13.0. The number of aryl methyl sites for hydroxylation is 3. The third-order valence-corrected chi connectivity index (χ3v) is 10.8. The zero-order chi connectivity index (χ0) is 34.0. The normalized spacial score (nSPS) is 20.1. The zero-order valence-electron chi connectivity index (χ0n) is 27.2. The van der Waals surface area contributed by atoms with Gasteiger partial charge in [0.1, 0.15) is 5.82 Å². The number of fused-ring (bicyclic) bond motifs is 2. The van der Waals surface area contributed by atoms with Crippen LogP contribution in [0, 0.1) is 6.92 Å². The van der Waals surface area contributed by atoms with Gasteiger partial charge in [0.15, 0.2) is 0 Å². The summed E-state index contributed by atoms with van der Waals surface area (Å²) in [6, 6.07) is 15.5. The van der Waals surface area contributed by atoms with Crippen LogP contribution < -0.4 is 26.2 Å². The number of hydrogen-bond donors (Lipinski definition) is 3. The molecule has 2 fully saturated rings. The van der Waals surface area contributed by atoms with E-state index < -0.39 is 0 Å². The molecule has 0 unspecified atom stereocenters. The molecule has 49 heavy (non-hydrogen) atoms. The van der Waals surface area contributed by atoms with Crippen LogP contribution in [0.4, 0.5) is 16.3 Å². The largest absolute Gasteiger partial charge is 0.481 e. The number of ether oxygens (including phenoxy) is 1. The van der Waals surface area contributed by atoms with Crippen molar-refractivity contribution >= 4 is 51.5 Å². The van der Waals surface area contributed by atoms with Gasteiger partial charge in [-0.25, -0.2) is 19.4 Å². The standard InChI is InChI=1S/C36H34Cl2N8O3/c1-19-14-21-16-40-45(2)34(47)29(21)32(41-19)42-25-9-5-7-23(31(25)38)22-6-4-8-24(30(22)37)26-15-20-10-11-27(28(20)33(43-26)49-3)46-13-12-36(18-46)17-39-35(48)44-36/h4-9,14-16,27H,10-13,17-18H2,1-3H3,(H,41,42)(H2,39,44,48)/t27-,36-/m1/s1. The first kappa shape index (κ1) is 31.6. The van der Waals surface area contributed by atoms with Crippen LogP contribution in [-0.4, -0.2) is 63.0 Å². The molecule has 0 saturated carbocycles. The van der Waals surface area contributed by atoms with E-state index in [4.69, 9.17) is 32.9 Å². The number of carbonyl (C=O) groups is 1. The maximum absolute atomic E-state index is 13.0. The van der Waals surface area contributed by atoms with Gasteiger partial charge in [-0.2, -0.15) is 5.10 Å². The van der Waals surface area contributed by atoms with Crippen molar-refractivity contribution in [3.05, 3.63) is 91.9 Å². The first-order valence-corrected chi connectivity index (χ1v) is 17.0. The smallest absolute Gasteiger partial charge is 0.315 e. The number of halogens is 2. The Kier molecular flexibility index (Phi) is 7.73. The number of methoxy groups -OCH3 is 1. The molecule has 5 heterocycles. The highest BCUT2D eigenvalue weighted by atomic mass is 35.5. The van der Waals surface area contributed by atoms with Crippen molar-refractivity contribution in [3.63, 3.8) is 0 Å². The number of aromatic nitrogens is 4. The van der Waals surface area contributed by atoms with Gasteiger partial charge in [0.25, 0.3) is 5.56 Å². The van der Waals surface area contributed by atoms with Gasteiger partial charge < -0.3 is 20.7 Å². The minimum atomic E-state index is -0.261. The van der Waals surface area contributed by atoms with E-state index in [0.29, 0.717) is 44.7 Å². The number of urea groups is 1. The topological polar surface area (TPSA) is 126 Å². The fourth-order valence-electron chi connectivity index (χ4n) is 7.62. The number of amides is 2. The molecule has 2 amide bonds. The van der Waals surface area contributed by atoms with Crippen molar-refractivity contribution < 1.29 is 9.53 Å². The minimum absolute atomic E-state index is 0.0947. The van der Waals surface area contributed by atoms with Gasteiger partial charge in [-0.05, 0) is 49.9 Å². The average molecular weight is 698 g/mol. The van der Waals surface area contributed by atoms with E-state index in [-0.39, 0.29) is 23.2 Å². The number of nitrogens with one attached hydrogen (secondary N) is 3. The number of nitrogens with zero attached hydrogens (tertiary/aromatic N) is 5. The second-order valence-corrected chi connectivity index (χ2v) is 13.8. The van der Waals surface area contributed by atoms with E-state index in [0.717, 1.165) is 66.0 Å². The molecule has 13 heteroatoms. The molecule has 3 aromatic heterocycles. The lowest BCUT2D eigenvalue weighted by Crippen LogP contribution is -2.46. The second kappa shape index (κ2) is 12.0. The third-order valence-electron chi connectivity index (χ3n) is 9.99. The van der Waals surface area contributed by atoms with Crippen LogP contribution in [0.2, 0.25) is 10.0 Å². The van der Waals surface area contributed by atoms with Crippen LogP contribution >= 0.6 is 23.2 Å². The van der Waals surface area contributed by atoms with Crippen LogP contribution in [0.25, 0.3) is 33.2 Å². The Hall–Kier alpha value is -4.71. The van der Waals surface area contributed by atoms with Gasteiger partial charge in [0, 0.05) is 66.1 Å². The van der Waals surface area contributed by atoms with Gasteiger partial charge in [0.05, 0.1) is 45.7 Å². The lowest BCUT2D eigenvalue weighted by molar-refractivity contribution is 0.219. The van der Waals surface area contributed by atoms with Crippen molar-refractivity contribution in [3.8, 4) is 28.3 Å². The van der Waals surface area contributed by atoms with Crippen LogP contribution in [0.5, 0.6) is 5.88 Å². The van der Waals surface area contributed by atoms with Crippen molar-refractivity contribution in [2.24, 2.45) is 7.05 Å². The van der Waals surface area contributed by atoms with Crippen molar-refractivity contribution in [1.82, 2.24) is 35.3 Å². The summed E-state index contributed by atoms with van der Waals surface area (Å²) < 4.78 is 7.20. The Balaban J connectivity index is 1.13. The Morgan fingerprint density at radius 3 is 2.59 bits per heavy atom. The number of rotatable bonds is 6. The molecule has 2 aliphatic heterocycles. The van der Waals surface area contributed by atoms with Crippen LogP contribution in [0.1, 0.15) is 35.7 Å². The van der Waals surface area contributed by atoms with Crippen LogP contribution in [0.15, 0.2) is 59.5 Å². The predicted molar refractivity (Wildman–Crippen MR) is 191 cm³/mol. The molecule has 2 aromatic carbocycles. The highest BCUT2D eigenvalue weighted by Crippen LogP contribution is 2.47. The van der Waals surface area contributed by atoms with Crippen molar-refractivity contribution in [1.29, 1.82) is 0 Å². The number of carbonyl (C=O) groups excluding carboxylic acids is 1. The number of benzene rings is 2. The molecule has 0 radical (unpaired) electrons. The molecule has 3 aliphatic rings. The molecular formula is C36H34Cl2N8O3. The molecule has 2 saturated heterocycles. The maximum Gasteiger partial charge on any atom is 0.315 e. The summed E-state index contributed by atoms with van der Waals surface area (Å²) in [7, 11) is 3.26. The molecule has 3 N–H and O–H groups in total. The van der Waals surface area contributed by atoms with Gasteiger partial charge in [-0.1, -0.05) is 53.5 Å². The molecule has 5 aromatic rings. The highest BCUT2D eigenvalue weighted by molar-refractivity contribution is 6.39. The summed E-state index contributed by atoms with van der Waals surface area (Å²) in [6.07, 6.45) is 4.39. The summed E-state index contributed by atoms with van der Waals surface area (Å²) >= 11 is 14.3. The van der Waals surface area contributed by atoms with E-state index in [9.17, 15) is 9.59 Å². The Bertz CT molecular complexity index is 2240. The van der Waals surface area contributed by atoms with E-state index in [1.54, 1.807) is 20.4 Å². The van der Waals surface area contributed by atoms with Crippen molar-refractivity contribution in [2.75, 3.05) is 32.1 Å². The van der Waals surface area contributed by atoms with Crippen LogP contribution in [-0.2, 0) is 13.5 Å². The summed E-state index contributed by atoms with van der Waals surface area (Å²) in [5.41, 5.74) is 6.07. The van der Waals surface area contributed by atoms with Gasteiger partial charge >= 0.3 is 6.03 Å². The minimum Gasteiger partial charge on any atom is -0.481 e. The van der Waals surface area contributed by atoms with Gasteiger partial charge in [0.2, 0.25) is 5.88 Å². The fraction of sp³-hybridized carbons (Fsp3) is 0.306. The van der Waals surface area contributed by atoms with Crippen LogP contribution in [0.3, 0.4) is 0 Å². The molecule has 1 spiro atoms. The number of hydrogen-bond acceptors (Lipinski definition) is 8. The van der Waals surface area contributed by atoms with E-state index in [2.05, 4.69) is 37.0 Å². The van der Waals surface area contributed by atoms with Gasteiger partial charge in [-0.3, -0.25) is 9.69 Å². The lowest BCUT2D eigenvalue weighted by Gasteiger charge is -2.28. The molecule has 11 nitrogen and oxygen atoms in total. The third kappa shape index (κ3) is 5.36. The van der Waals surface area contributed by atoms with E-state index >= 15 is 0 Å². The predicted octanol–water partition coefficient (Wildman–Crippen LogP) is 6.17. The molecule has 8 rings (SSSR count). The quantitative estimate of drug-likeness (QED) is 0.193. The number of anilines is 2. The van der Waals surface area contributed by atoms with Crippen molar-refractivity contribution in [2.45, 2.75) is 37.8 Å². The average Bonchev–Trinajstić information content (AvgIpc) is 3.81. The first-order chi connectivity index (χ1) is 23.6. The number of likely N-dealkylation sites (tertiary alicyclic amines) is 1. The summed E-state index contributed by atoms with van der Waals surface area (Å²) in [6.45, 7) is 4.19. The first-order valence-electron chi connectivity index (χ1n) is 16.2. The highest BCUT2D eigenvalue weighted by Gasteiger charge is 2.46.